The van der Waals surface area contributed by atoms with Crippen molar-refractivity contribution in [1.29, 1.82) is 0 Å². The van der Waals surface area contributed by atoms with Crippen LogP contribution in [-0.2, 0) is 4.79 Å². The van der Waals surface area contributed by atoms with Gasteiger partial charge in [0, 0.05) is 35.9 Å². The highest BCUT2D eigenvalue weighted by Crippen LogP contribution is 2.42. The monoisotopic (exact) mass is 305 g/mol. The Bertz CT molecular complexity index is 600. The molecule has 1 aromatic carbocycles. The number of carbonyl (C=O) groups is 2. The molecule has 1 aliphatic rings. The molecule has 0 saturated heterocycles. The molecule has 1 aliphatic heterocycles. The van der Waals surface area contributed by atoms with Crippen molar-refractivity contribution in [3.05, 3.63) is 23.8 Å². The van der Waals surface area contributed by atoms with Crippen LogP contribution in [-0.4, -0.2) is 34.1 Å². The molecular weight excluding hydrogens is 282 g/mol. The van der Waals surface area contributed by atoms with Gasteiger partial charge in [-0.05, 0) is 45.4 Å². The van der Waals surface area contributed by atoms with Gasteiger partial charge in [-0.15, -0.1) is 0 Å². The van der Waals surface area contributed by atoms with Gasteiger partial charge < -0.3 is 15.7 Å². The first-order valence-electron chi connectivity index (χ1n) is 7.44. The van der Waals surface area contributed by atoms with Crippen molar-refractivity contribution in [2.24, 2.45) is 0 Å². The van der Waals surface area contributed by atoms with Crippen LogP contribution in [0.15, 0.2) is 18.2 Å². The third-order valence-electron chi connectivity index (χ3n) is 4.13. The normalized spacial score (nSPS) is 20.7. The van der Waals surface area contributed by atoms with Crippen LogP contribution >= 0.6 is 0 Å². The van der Waals surface area contributed by atoms with E-state index in [0.29, 0.717) is 12.1 Å². The summed E-state index contributed by atoms with van der Waals surface area (Å²) in [5.41, 5.74) is 7.99. The Kier molecular flexibility index (Phi) is 4.30. The fourth-order valence-electron chi connectivity index (χ4n) is 3.31. The van der Waals surface area contributed by atoms with Gasteiger partial charge in [0.15, 0.2) is 0 Å². The van der Waals surface area contributed by atoms with Gasteiger partial charge in [0.2, 0.25) is 5.91 Å². The van der Waals surface area contributed by atoms with Crippen molar-refractivity contribution in [2.75, 3.05) is 10.6 Å². The Labute approximate surface area is 130 Å². The van der Waals surface area contributed by atoms with Crippen molar-refractivity contribution >= 4 is 23.4 Å². The van der Waals surface area contributed by atoms with E-state index in [2.05, 4.69) is 0 Å². The van der Waals surface area contributed by atoms with Crippen LogP contribution in [0.5, 0.6) is 0 Å². The third-order valence-corrected chi connectivity index (χ3v) is 4.13. The second-order valence-electron chi connectivity index (χ2n) is 6.09. The standard InChI is InChI=1S/C16H23N3O3/c1-9(2)18(16(21)22)15-7-10(3)19(11(4)20)14-6-5-12(17)8-13(14)15/h5-6,8-10,15H,7,17H2,1-4H3,(H,21,22)/t10-,15+/m0/s1. The number of nitrogens with two attached hydrogens (primary N) is 1. The number of carbonyl (C=O) groups excluding carboxylic acids is 1. The average molecular weight is 305 g/mol. The molecule has 0 fully saturated rings. The number of amides is 2. The van der Waals surface area contributed by atoms with Gasteiger partial charge in [0.1, 0.15) is 0 Å². The number of hydrogen-bond acceptors (Lipinski definition) is 3. The summed E-state index contributed by atoms with van der Waals surface area (Å²) in [6.07, 6.45) is -0.405. The molecule has 0 spiro atoms. The lowest BCUT2D eigenvalue weighted by atomic mass is 9.89. The Morgan fingerprint density at radius 1 is 1.41 bits per heavy atom. The lowest BCUT2D eigenvalue weighted by molar-refractivity contribution is -0.117. The maximum absolute atomic E-state index is 12.0. The fourth-order valence-corrected chi connectivity index (χ4v) is 3.31. The zero-order valence-electron chi connectivity index (χ0n) is 13.4. The molecule has 0 unspecified atom stereocenters. The van der Waals surface area contributed by atoms with Crippen LogP contribution in [0.1, 0.15) is 45.7 Å². The SMILES string of the molecule is CC(=O)N1c2ccc(N)cc2[C@H](N(C(=O)O)C(C)C)C[C@@H]1C. The van der Waals surface area contributed by atoms with Crippen LogP contribution in [0.2, 0.25) is 0 Å². The molecule has 0 radical (unpaired) electrons. The Morgan fingerprint density at radius 3 is 2.55 bits per heavy atom. The number of fused-ring (bicyclic) bond motifs is 1. The number of carboxylic acid groups (broad SMARTS) is 1. The lowest BCUT2D eigenvalue weighted by Crippen LogP contribution is -2.48. The number of nitrogens with zero attached hydrogens (tertiary/aromatic N) is 2. The predicted octanol–water partition coefficient (Wildman–Crippen LogP) is 2.84. The molecule has 2 atom stereocenters. The molecular formula is C16H23N3O3. The molecule has 0 aromatic heterocycles. The first-order valence-corrected chi connectivity index (χ1v) is 7.44. The molecule has 6 heteroatoms. The smallest absolute Gasteiger partial charge is 0.408 e. The first kappa shape index (κ1) is 16.1. The molecule has 6 nitrogen and oxygen atoms in total. The zero-order chi connectivity index (χ0) is 16.6. The summed E-state index contributed by atoms with van der Waals surface area (Å²) in [7, 11) is 0. The highest BCUT2D eigenvalue weighted by molar-refractivity contribution is 5.94. The number of benzene rings is 1. The van der Waals surface area contributed by atoms with Gasteiger partial charge in [-0.3, -0.25) is 9.69 Å². The van der Waals surface area contributed by atoms with E-state index < -0.39 is 6.09 Å². The lowest BCUT2D eigenvalue weighted by Gasteiger charge is -2.43. The second kappa shape index (κ2) is 5.87. The minimum Gasteiger partial charge on any atom is -0.465 e. The molecule has 0 bridgehead atoms. The summed E-state index contributed by atoms with van der Waals surface area (Å²) in [6, 6.07) is 4.79. The van der Waals surface area contributed by atoms with Crippen molar-refractivity contribution in [3.8, 4) is 0 Å². The minimum atomic E-state index is -0.961. The summed E-state index contributed by atoms with van der Waals surface area (Å²) >= 11 is 0. The van der Waals surface area contributed by atoms with Crippen LogP contribution < -0.4 is 10.6 Å². The van der Waals surface area contributed by atoms with E-state index >= 15 is 0 Å². The molecule has 3 N–H and O–H groups in total. The maximum atomic E-state index is 12.0. The topological polar surface area (TPSA) is 86.9 Å². The average Bonchev–Trinajstić information content (AvgIpc) is 2.38. The van der Waals surface area contributed by atoms with Crippen LogP contribution in [0, 0.1) is 0 Å². The van der Waals surface area contributed by atoms with E-state index in [1.807, 2.05) is 20.8 Å². The minimum absolute atomic E-state index is 0.0524. The number of hydrogen-bond donors (Lipinski definition) is 2. The van der Waals surface area contributed by atoms with Crippen LogP contribution in [0.4, 0.5) is 16.2 Å². The van der Waals surface area contributed by atoms with Gasteiger partial charge in [-0.2, -0.15) is 0 Å². The number of anilines is 2. The summed E-state index contributed by atoms with van der Waals surface area (Å²) < 4.78 is 0. The van der Waals surface area contributed by atoms with E-state index in [0.717, 1.165) is 11.3 Å². The maximum Gasteiger partial charge on any atom is 0.408 e. The van der Waals surface area contributed by atoms with Gasteiger partial charge in [0.25, 0.3) is 0 Å². The van der Waals surface area contributed by atoms with Gasteiger partial charge in [-0.1, -0.05) is 0 Å². The molecule has 120 valence electrons. The first-order chi connectivity index (χ1) is 10.2. The number of rotatable bonds is 2. The number of nitrogen functional groups attached to an aromatic ring is 1. The van der Waals surface area contributed by atoms with E-state index in [1.165, 1.54) is 11.8 Å². The summed E-state index contributed by atoms with van der Waals surface area (Å²) in [5.74, 6) is -0.0524. The van der Waals surface area contributed by atoms with Crippen LogP contribution in [0.3, 0.4) is 0 Å². The summed E-state index contributed by atoms with van der Waals surface area (Å²) in [5, 5.41) is 9.57. The Balaban J connectivity index is 2.59. The third kappa shape index (κ3) is 2.73. The molecule has 0 aliphatic carbocycles. The highest BCUT2D eigenvalue weighted by atomic mass is 16.4. The van der Waals surface area contributed by atoms with E-state index in [9.17, 15) is 14.7 Å². The molecule has 1 heterocycles. The van der Waals surface area contributed by atoms with Crippen molar-refractivity contribution in [3.63, 3.8) is 0 Å². The van der Waals surface area contributed by atoms with Gasteiger partial charge >= 0.3 is 6.09 Å². The fraction of sp³-hybridized carbons (Fsp3) is 0.500. The Hall–Kier alpha value is -2.24. The van der Waals surface area contributed by atoms with Crippen LogP contribution in [0.25, 0.3) is 0 Å². The van der Waals surface area contributed by atoms with Crippen molar-refractivity contribution in [2.45, 2.75) is 52.2 Å². The molecule has 2 rings (SSSR count). The zero-order valence-corrected chi connectivity index (χ0v) is 13.4. The quantitative estimate of drug-likeness (QED) is 0.822. The van der Waals surface area contributed by atoms with E-state index in [-0.39, 0.29) is 24.0 Å². The second-order valence-corrected chi connectivity index (χ2v) is 6.09. The summed E-state index contributed by atoms with van der Waals surface area (Å²) in [6.45, 7) is 7.16. The van der Waals surface area contributed by atoms with Crippen molar-refractivity contribution in [1.82, 2.24) is 4.90 Å². The Morgan fingerprint density at radius 2 is 2.05 bits per heavy atom. The van der Waals surface area contributed by atoms with E-state index in [1.54, 1.807) is 23.1 Å². The van der Waals surface area contributed by atoms with Crippen molar-refractivity contribution < 1.29 is 14.7 Å². The molecule has 0 saturated carbocycles. The largest absolute Gasteiger partial charge is 0.465 e. The predicted molar refractivity (Wildman–Crippen MR) is 85.8 cm³/mol. The molecule has 22 heavy (non-hydrogen) atoms. The molecule has 1 aromatic rings. The molecule has 2 amide bonds. The van der Waals surface area contributed by atoms with Gasteiger partial charge in [0.05, 0.1) is 6.04 Å². The van der Waals surface area contributed by atoms with Gasteiger partial charge in [-0.25, -0.2) is 4.79 Å². The highest BCUT2D eigenvalue weighted by Gasteiger charge is 2.38. The van der Waals surface area contributed by atoms with E-state index in [4.69, 9.17) is 5.73 Å². The summed E-state index contributed by atoms with van der Waals surface area (Å²) in [4.78, 5) is 26.8.